The fraction of sp³-hybridized carbons (Fsp3) is 0.458. The molecule has 1 saturated heterocycles. The van der Waals surface area contributed by atoms with Crippen molar-refractivity contribution in [3.63, 3.8) is 0 Å². The van der Waals surface area contributed by atoms with Crippen LogP contribution in [0.3, 0.4) is 0 Å². The van der Waals surface area contributed by atoms with Gasteiger partial charge in [0.05, 0.1) is 16.9 Å². The van der Waals surface area contributed by atoms with Crippen LogP contribution in [0.4, 0.5) is 5.82 Å². The summed E-state index contributed by atoms with van der Waals surface area (Å²) >= 11 is 1.42. The highest BCUT2D eigenvalue weighted by Crippen LogP contribution is 2.33. The van der Waals surface area contributed by atoms with Crippen molar-refractivity contribution in [2.45, 2.75) is 25.7 Å². The highest BCUT2D eigenvalue weighted by Gasteiger charge is 2.22. The van der Waals surface area contributed by atoms with Gasteiger partial charge in [-0.15, -0.1) is 11.3 Å². The van der Waals surface area contributed by atoms with Gasteiger partial charge in [-0.3, -0.25) is 4.79 Å². The number of hydrogen-bond acceptors (Lipinski definition) is 7. The number of amides is 1. The third-order valence-electron chi connectivity index (χ3n) is 6.10. The number of anilines is 1. The average molecular weight is 454 g/mol. The Morgan fingerprint density at radius 3 is 2.72 bits per heavy atom. The molecule has 1 aliphatic rings. The molecule has 0 radical (unpaired) electrons. The number of aromatic nitrogens is 2. The van der Waals surface area contributed by atoms with Crippen LogP contribution in [0.5, 0.6) is 0 Å². The van der Waals surface area contributed by atoms with E-state index in [2.05, 4.69) is 55.8 Å². The third-order valence-corrected chi connectivity index (χ3v) is 7.30. The third kappa shape index (κ3) is 5.26. The van der Waals surface area contributed by atoms with E-state index in [0.717, 1.165) is 41.2 Å². The zero-order chi connectivity index (χ0) is 22.3. The van der Waals surface area contributed by atoms with E-state index in [1.54, 1.807) is 7.11 Å². The minimum atomic E-state index is -0.0347. The predicted octanol–water partition coefficient (Wildman–Crippen LogP) is 3.67. The second-order valence-corrected chi connectivity index (χ2v) is 9.16. The lowest BCUT2D eigenvalue weighted by Crippen LogP contribution is -2.39. The van der Waals surface area contributed by atoms with Crippen LogP contribution in [0.25, 0.3) is 10.2 Å². The molecule has 0 spiro atoms. The molecule has 170 valence electrons. The molecule has 3 aromatic rings. The number of thiophene rings is 1. The molecule has 3 heterocycles. The maximum absolute atomic E-state index is 12.9. The molecule has 0 saturated carbocycles. The fourth-order valence-corrected chi connectivity index (χ4v) is 5.38. The standard InChI is InChI=1S/C24H31N5O2S/c1-17-20-22(25-11-15-31-2)27-16-28-24(20)32-21(17)23(30)26-10-14-29-12-8-19(9-13-29)18-6-4-3-5-7-18/h3-7,16,19H,8-15H2,1-2H3,(H,26,30)(H,25,27,28). The summed E-state index contributed by atoms with van der Waals surface area (Å²) in [5, 5.41) is 7.30. The summed E-state index contributed by atoms with van der Waals surface area (Å²) in [5.41, 5.74) is 2.37. The van der Waals surface area contributed by atoms with E-state index in [4.69, 9.17) is 4.74 Å². The van der Waals surface area contributed by atoms with Crippen LogP contribution >= 0.6 is 11.3 Å². The largest absolute Gasteiger partial charge is 0.383 e. The zero-order valence-electron chi connectivity index (χ0n) is 18.8. The van der Waals surface area contributed by atoms with E-state index in [1.807, 2.05) is 6.92 Å². The summed E-state index contributed by atoms with van der Waals surface area (Å²) in [4.78, 5) is 25.6. The molecule has 1 amide bonds. The Kier molecular flexibility index (Phi) is 7.68. The Balaban J connectivity index is 1.30. The second kappa shape index (κ2) is 10.8. The minimum Gasteiger partial charge on any atom is -0.383 e. The summed E-state index contributed by atoms with van der Waals surface area (Å²) in [6, 6.07) is 10.8. The maximum atomic E-state index is 12.9. The van der Waals surface area contributed by atoms with Crippen molar-refractivity contribution < 1.29 is 9.53 Å². The molecule has 0 aliphatic carbocycles. The molecule has 2 aromatic heterocycles. The fourth-order valence-electron chi connectivity index (χ4n) is 4.32. The molecule has 4 rings (SSSR count). The summed E-state index contributed by atoms with van der Waals surface area (Å²) < 4.78 is 5.10. The number of carbonyl (C=O) groups excluding carboxylic acids is 1. The Morgan fingerprint density at radius 2 is 1.97 bits per heavy atom. The second-order valence-electron chi connectivity index (χ2n) is 8.16. The first-order valence-corrected chi connectivity index (χ1v) is 12.0. The van der Waals surface area contributed by atoms with E-state index in [1.165, 1.54) is 36.1 Å². The van der Waals surface area contributed by atoms with Gasteiger partial charge in [-0.2, -0.15) is 0 Å². The SMILES string of the molecule is COCCNc1ncnc2sc(C(=O)NCCN3CCC(c4ccccc4)CC3)c(C)c12. The molecule has 1 fully saturated rings. The Bertz CT molecular complexity index is 1030. The topological polar surface area (TPSA) is 79.4 Å². The van der Waals surface area contributed by atoms with Crippen LogP contribution in [-0.4, -0.2) is 67.2 Å². The van der Waals surface area contributed by atoms with Gasteiger partial charge >= 0.3 is 0 Å². The Hall–Kier alpha value is -2.55. The number of benzene rings is 1. The van der Waals surface area contributed by atoms with Crippen molar-refractivity contribution in [2.24, 2.45) is 0 Å². The molecule has 32 heavy (non-hydrogen) atoms. The van der Waals surface area contributed by atoms with Gasteiger partial charge < -0.3 is 20.3 Å². The number of piperidine rings is 1. The number of hydrogen-bond donors (Lipinski definition) is 2. The van der Waals surface area contributed by atoms with Crippen LogP contribution in [0, 0.1) is 6.92 Å². The Morgan fingerprint density at radius 1 is 1.19 bits per heavy atom. The molecule has 2 N–H and O–H groups in total. The van der Waals surface area contributed by atoms with Crippen LogP contribution in [0.1, 0.15) is 39.6 Å². The van der Waals surface area contributed by atoms with E-state index < -0.39 is 0 Å². The quantitative estimate of drug-likeness (QED) is 0.482. The molecule has 0 atom stereocenters. The van der Waals surface area contributed by atoms with Gasteiger partial charge in [-0.05, 0) is 49.9 Å². The van der Waals surface area contributed by atoms with Crippen LogP contribution in [0.2, 0.25) is 0 Å². The van der Waals surface area contributed by atoms with E-state index in [9.17, 15) is 4.79 Å². The number of ether oxygens (including phenoxy) is 1. The minimum absolute atomic E-state index is 0.0347. The van der Waals surface area contributed by atoms with Crippen LogP contribution in [-0.2, 0) is 4.74 Å². The molecular formula is C24H31N5O2S. The van der Waals surface area contributed by atoms with Crippen molar-refractivity contribution in [3.8, 4) is 0 Å². The molecule has 0 bridgehead atoms. The summed E-state index contributed by atoms with van der Waals surface area (Å²) in [6.07, 6.45) is 3.88. The average Bonchev–Trinajstić information content (AvgIpc) is 3.17. The maximum Gasteiger partial charge on any atom is 0.261 e. The molecule has 8 heteroatoms. The van der Waals surface area contributed by atoms with E-state index in [-0.39, 0.29) is 5.91 Å². The number of nitrogens with one attached hydrogen (secondary N) is 2. The normalized spacial score (nSPS) is 15.2. The lowest BCUT2D eigenvalue weighted by atomic mass is 9.89. The number of likely N-dealkylation sites (tertiary alicyclic amines) is 1. The summed E-state index contributed by atoms with van der Waals surface area (Å²) in [6.45, 7) is 6.87. The number of aryl methyl sites for hydroxylation is 1. The molecule has 7 nitrogen and oxygen atoms in total. The molecule has 1 aromatic carbocycles. The van der Waals surface area contributed by atoms with Gasteiger partial charge in [0, 0.05) is 26.7 Å². The number of methoxy groups -OCH3 is 1. The number of nitrogens with zero attached hydrogens (tertiary/aromatic N) is 3. The lowest BCUT2D eigenvalue weighted by molar-refractivity contribution is 0.0949. The number of rotatable bonds is 9. The molecule has 1 aliphatic heterocycles. The summed E-state index contributed by atoms with van der Waals surface area (Å²) in [5.74, 6) is 1.37. The van der Waals surface area contributed by atoms with Crippen molar-refractivity contribution in [1.82, 2.24) is 20.2 Å². The van der Waals surface area contributed by atoms with E-state index >= 15 is 0 Å². The van der Waals surface area contributed by atoms with Gasteiger partial charge in [-0.25, -0.2) is 9.97 Å². The van der Waals surface area contributed by atoms with Crippen LogP contribution in [0.15, 0.2) is 36.7 Å². The van der Waals surface area contributed by atoms with E-state index in [0.29, 0.717) is 30.5 Å². The zero-order valence-corrected chi connectivity index (χ0v) is 19.6. The first kappa shape index (κ1) is 22.6. The molecular weight excluding hydrogens is 422 g/mol. The predicted molar refractivity (Wildman–Crippen MR) is 130 cm³/mol. The highest BCUT2D eigenvalue weighted by molar-refractivity contribution is 7.20. The first-order valence-electron chi connectivity index (χ1n) is 11.2. The molecule has 0 unspecified atom stereocenters. The van der Waals surface area contributed by atoms with Crippen molar-refractivity contribution in [3.05, 3.63) is 52.7 Å². The van der Waals surface area contributed by atoms with Crippen molar-refractivity contribution >= 4 is 33.3 Å². The van der Waals surface area contributed by atoms with Gasteiger partial charge in [0.25, 0.3) is 5.91 Å². The summed E-state index contributed by atoms with van der Waals surface area (Å²) in [7, 11) is 1.67. The van der Waals surface area contributed by atoms with Crippen LogP contribution < -0.4 is 10.6 Å². The smallest absolute Gasteiger partial charge is 0.261 e. The van der Waals surface area contributed by atoms with Gasteiger partial charge in [0.15, 0.2) is 0 Å². The monoisotopic (exact) mass is 453 g/mol. The number of fused-ring (bicyclic) bond motifs is 1. The van der Waals surface area contributed by atoms with Crippen molar-refractivity contribution in [1.29, 1.82) is 0 Å². The highest BCUT2D eigenvalue weighted by atomic mass is 32.1. The lowest BCUT2D eigenvalue weighted by Gasteiger charge is -2.32. The number of carbonyl (C=O) groups is 1. The Labute approximate surface area is 193 Å². The van der Waals surface area contributed by atoms with Crippen molar-refractivity contribution in [2.75, 3.05) is 51.8 Å². The van der Waals surface area contributed by atoms with Gasteiger partial charge in [0.1, 0.15) is 17.0 Å². The van der Waals surface area contributed by atoms with Gasteiger partial charge in [-0.1, -0.05) is 30.3 Å². The first-order chi connectivity index (χ1) is 15.7. The van der Waals surface area contributed by atoms with Gasteiger partial charge in [0.2, 0.25) is 0 Å².